The highest BCUT2D eigenvalue weighted by atomic mass is 16.5. The van der Waals surface area contributed by atoms with E-state index in [1.54, 1.807) is 24.3 Å². The van der Waals surface area contributed by atoms with Crippen molar-refractivity contribution in [2.45, 2.75) is 27.2 Å². The molecule has 31 heavy (non-hydrogen) atoms. The largest absolute Gasteiger partial charge is 0.490 e. The van der Waals surface area contributed by atoms with Crippen LogP contribution < -0.4 is 20.1 Å². The first-order chi connectivity index (χ1) is 15.0. The first-order valence-corrected chi connectivity index (χ1v) is 10.1. The zero-order valence-electron chi connectivity index (χ0n) is 18.0. The van der Waals surface area contributed by atoms with Crippen LogP contribution in [0.25, 0.3) is 0 Å². The Morgan fingerprint density at radius 1 is 1.03 bits per heavy atom. The molecular formula is C24H27N3O4. The molecule has 0 aromatic heterocycles. The molecule has 0 heterocycles. The summed E-state index contributed by atoms with van der Waals surface area (Å²) < 4.78 is 11.2. The summed E-state index contributed by atoms with van der Waals surface area (Å²) in [5, 5.41) is 14.9. The second kappa shape index (κ2) is 12.0. The molecule has 162 valence electrons. The predicted octanol–water partition coefficient (Wildman–Crippen LogP) is 3.86. The van der Waals surface area contributed by atoms with E-state index in [2.05, 4.69) is 10.6 Å². The minimum Gasteiger partial charge on any atom is -0.490 e. The van der Waals surface area contributed by atoms with Crippen LogP contribution >= 0.6 is 0 Å². The van der Waals surface area contributed by atoms with Gasteiger partial charge in [0.25, 0.3) is 5.91 Å². The number of hydrogen-bond acceptors (Lipinski definition) is 6. The van der Waals surface area contributed by atoms with Crippen LogP contribution in [-0.2, 0) is 11.2 Å². The summed E-state index contributed by atoms with van der Waals surface area (Å²) in [5.74, 6) is 0.830. The third kappa shape index (κ3) is 7.19. The second-order valence-corrected chi connectivity index (χ2v) is 6.61. The zero-order chi connectivity index (χ0) is 22.6. The highest BCUT2D eigenvalue weighted by Gasteiger charge is 2.10. The summed E-state index contributed by atoms with van der Waals surface area (Å²) in [6.45, 7) is 6.95. The normalized spacial score (nSPS) is 10.7. The lowest BCUT2D eigenvalue weighted by Gasteiger charge is -2.12. The van der Waals surface area contributed by atoms with Crippen molar-refractivity contribution in [2.75, 3.05) is 25.1 Å². The summed E-state index contributed by atoms with van der Waals surface area (Å²) in [6.07, 6.45) is 2.08. The number of hydrogen-bond donors (Lipinski definition) is 2. The van der Waals surface area contributed by atoms with Crippen molar-refractivity contribution in [2.24, 2.45) is 0 Å². The first-order valence-electron chi connectivity index (χ1n) is 10.1. The quantitative estimate of drug-likeness (QED) is 0.247. The molecule has 2 aromatic rings. The highest BCUT2D eigenvalue weighted by Crippen LogP contribution is 2.28. The van der Waals surface area contributed by atoms with Crippen LogP contribution in [-0.4, -0.2) is 31.4 Å². The molecule has 2 aromatic carbocycles. The van der Waals surface area contributed by atoms with Gasteiger partial charge < -0.3 is 20.1 Å². The molecule has 0 aliphatic heterocycles. The van der Waals surface area contributed by atoms with E-state index in [9.17, 15) is 14.9 Å². The number of ketones is 1. The third-order valence-corrected chi connectivity index (χ3v) is 4.33. The highest BCUT2D eigenvalue weighted by molar-refractivity contribution is 6.06. The first kappa shape index (κ1) is 23.5. The topological polar surface area (TPSA) is 100 Å². The number of nitrogens with zero attached hydrogens (tertiary/aromatic N) is 1. The molecule has 0 spiro atoms. The predicted molar refractivity (Wildman–Crippen MR) is 119 cm³/mol. The van der Waals surface area contributed by atoms with Gasteiger partial charge in [0.2, 0.25) is 0 Å². The van der Waals surface area contributed by atoms with Crippen molar-refractivity contribution < 1.29 is 19.1 Å². The average Bonchev–Trinajstić information content (AvgIpc) is 2.76. The van der Waals surface area contributed by atoms with Crippen molar-refractivity contribution >= 4 is 17.4 Å². The molecule has 0 saturated carbocycles. The maximum atomic E-state index is 12.3. The Kier molecular flexibility index (Phi) is 9.12. The molecule has 7 nitrogen and oxygen atoms in total. The van der Waals surface area contributed by atoms with Crippen molar-refractivity contribution in [3.8, 4) is 17.6 Å². The number of nitriles is 1. The Labute approximate surface area is 182 Å². The fraction of sp³-hybridized carbons (Fsp3) is 0.292. The maximum Gasteiger partial charge on any atom is 0.267 e. The average molecular weight is 421 g/mol. The minimum atomic E-state index is -0.523. The second-order valence-electron chi connectivity index (χ2n) is 6.61. The van der Waals surface area contributed by atoms with Gasteiger partial charge >= 0.3 is 0 Å². The van der Waals surface area contributed by atoms with E-state index in [-0.39, 0.29) is 11.4 Å². The van der Waals surface area contributed by atoms with Gasteiger partial charge in [-0.3, -0.25) is 9.59 Å². The molecule has 0 bridgehead atoms. The van der Waals surface area contributed by atoms with E-state index in [1.165, 1.54) is 13.1 Å². The smallest absolute Gasteiger partial charge is 0.267 e. The molecule has 0 atom stereocenters. The number of amides is 1. The molecule has 0 aliphatic rings. The Hall–Kier alpha value is -3.79. The van der Waals surface area contributed by atoms with Gasteiger partial charge in [0.05, 0.1) is 13.2 Å². The van der Waals surface area contributed by atoms with Crippen molar-refractivity contribution in [3.63, 3.8) is 0 Å². The molecule has 0 radical (unpaired) electrons. The minimum absolute atomic E-state index is 0.0441. The van der Waals surface area contributed by atoms with Gasteiger partial charge in [-0.25, -0.2) is 0 Å². The number of anilines is 1. The summed E-state index contributed by atoms with van der Waals surface area (Å²) >= 11 is 0. The van der Waals surface area contributed by atoms with Crippen LogP contribution in [0.1, 0.15) is 36.7 Å². The van der Waals surface area contributed by atoms with Crippen LogP contribution in [0, 0.1) is 11.3 Å². The molecule has 2 N–H and O–H groups in total. The van der Waals surface area contributed by atoms with E-state index >= 15 is 0 Å². The zero-order valence-corrected chi connectivity index (χ0v) is 18.0. The Bertz CT molecular complexity index is 975. The summed E-state index contributed by atoms with van der Waals surface area (Å²) in [4.78, 5) is 23.6. The van der Waals surface area contributed by atoms with E-state index < -0.39 is 5.91 Å². The van der Waals surface area contributed by atoms with Crippen LogP contribution in [0.2, 0.25) is 0 Å². The number of Topliss-reactive ketones (excluding diaryl/α,β-unsaturated/α-hetero) is 1. The van der Waals surface area contributed by atoms with Crippen LogP contribution in [0.3, 0.4) is 0 Å². The van der Waals surface area contributed by atoms with Crippen molar-refractivity contribution in [1.82, 2.24) is 5.32 Å². The van der Waals surface area contributed by atoms with Crippen LogP contribution in [0.5, 0.6) is 11.5 Å². The SMILES string of the molecule is CCOc1ccc(CCN/C=C(/C#N)C(=O)Nc2ccc(C(C)=O)cc2)cc1OCC. The van der Waals surface area contributed by atoms with Gasteiger partial charge in [-0.15, -0.1) is 0 Å². The Morgan fingerprint density at radius 3 is 2.32 bits per heavy atom. The fourth-order valence-electron chi connectivity index (χ4n) is 2.78. The molecule has 0 unspecified atom stereocenters. The van der Waals surface area contributed by atoms with Gasteiger partial charge in [0.1, 0.15) is 11.6 Å². The van der Waals surface area contributed by atoms with E-state index in [1.807, 2.05) is 38.1 Å². The monoisotopic (exact) mass is 421 g/mol. The number of nitrogens with one attached hydrogen (secondary N) is 2. The third-order valence-electron chi connectivity index (χ3n) is 4.33. The molecule has 7 heteroatoms. The fourth-order valence-corrected chi connectivity index (χ4v) is 2.78. The number of carbonyl (C=O) groups excluding carboxylic acids is 2. The maximum absolute atomic E-state index is 12.3. The lowest BCUT2D eigenvalue weighted by molar-refractivity contribution is -0.112. The number of ether oxygens (including phenoxy) is 2. The molecular weight excluding hydrogens is 394 g/mol. The molecule has 0 saturated heterocycles. The van der Waals surface area contributed by atoms with Crippen molar-refractivity contribution in [3.05, 3.63) is 65.4 Å². The van der Waals surface area contributed by atoms with Gasteiger partial charge in [0, 0.05) is 24.0 Å². The summed E-state index contributed by atoms with van der Waals surface area (Å²) in [6, 6.07) is 14.2. The molecule has 0 fully saturated rings. The van der Waals surface area contributed by atoms with Gasteiger partial charge in [-0.05, 0) is 69.2 Å². The van der Waals surface area contributed by atoms with E-state index in [4.69, 9.17) is 9.47 Å². The van der Waals surface area contributed by atoms with Crippen molar-refractivity contribution in [1.29, 1.82) is 5.26 Å². The van der Waals surface area contributed by atoms with E-state index in [0.29, 0.717) is 48.9 Å². The van der Waals surface area contributed by atoms with Gasteiger partial charge in [0.15, 0.2) is 17.3 Å². The molecule has 1 amide bonds. The standard InChI is InChI=1S/C24H27N3O4/c1-4-30-22-11-6-18(14-23(22)31-5-2)12-13-26-16-20(15-25)24(29)27-21-9-7-19(8-10-21)17(3)28/h6-11,14,16,26H,4-5,12-13H2,1-3H3,(H,27,29)/b20-16-. The number of carbonyl (C=O) groups is 2. The summed E-state index contributed by atoms with van der Waals surface area (Å²) in [5.41, 5.74) is 2.06. The molecule has 2 rings (SSSR count). The number of benzene rings is 2. The van der Waals surface area contributed by atoms with Gasteiger partial charge in [-0.1, -0.05) is 6.07 Å². The Balaban J connectivity index is 1.92. The van der Waals surface area contributed by atoms with E-state index in [0.717, 1.165) is 5.56 Å². The van der Waals surface area contributed by atoms with Crippen LogP contribution in [0.4, 0.5) is 5.69 Å². The molecule has 0 aliphatic carbocycles. The summed E-state index contributed by atoms with van der Waals surface area (Å²) in [7, 11) is 0. The Morgan fingerprint density at radius 2 is 1.71 bits per heavy atom. The number of rotatable bonds is 11. The van der Waals surface area contributed by atoms with Gasteiger partial charge in [-0.2, -0.15) is 5.26 Å². The lowest BCUT2D eigenvalue weighted by Crippen LogP contribution is -2.18. The lowest BCUT2D eigenvalue weighted by atomic mass is 10.1. The van der Waals surface area contributed by atoms with Crippen LogP contribution in [0.15, 0.2) is 54.2 Å².